The third-order valence-electron chi connectivity index (χ3n) is 3.67. The molecule has 0 unspecified atom stereocenters. The van der Waals surface area contributed by atoms with Gasteiger partial charge in [0.05, 0.1) is 6.26 Å². The van der Waals surface area contributed by atoms with Crippen molar-refractivity contribution >= 4 is 22.4 Å². The van der Waals surface area contributed by atoms with Gasteiger partial charge in [-0.25, -0.2) is 0 Å². The molecule has 2 aromatic heterocycles. The summed E-state index contributed by atoms with van der Waals surface area (Å²) in [6.07, 6.45) is 2.53. The van der Waals surface area contributed by atoms with Crippen LogP contribution in [0.2, 0.25) is 0 Å². The monoisotopic (exact) mass is 341 g/mol. The van der Waals surface area contributed by atoms with E-state index < -0.39 is 0 Å². The third kappa shape index (κ3) is 4.08. The van der Waals surface area contributed by atoms with E-state index in [9.17, 15) is 4.79 Å². The van der Waals surface area contributed by atoms with Crippen LogP contribution in [0.5, 0.6) is 0 Å². The fraction of sp³-hybridized carbons (Fsp3) is 0.278. The highest BCUT2D eigenvalue weighted by Gasteiger charge is 2.11. The summed E-state index contributed by atoms with van der Waals surface area (Å²) in [4.78, 5) is 12.0. The second-order valence-electron chi connectivity index (χ2n) is 5.82. The third-order valence-corrected chi connectivity index (χ3v) is 4.56. The number of nitrogens with zero attached hydrogens (tertiary/aromatic N) is 2. The van der Waals surface area contributed by atoms with Gasteiger partial charge in [0.15, 0.2) is 0 Å². The fourth-order valence-corrected chi connectivity index (χ4v) is 3.04. The summed E-state index contributed by atoms with van der Waals surface area (Å²) in [6.45, 7) is 4.33. The van der Waals surface area contributed by atoms with Crippen LogP contribution >= 0.6 is 11.3 Å². The van der Waals surface area contributed by atoms with Gasteiger partial charge in [-0.3, -0.25) is 4.79 Å². The quantitative estimate of drug-likeness (QED) is 0.717. The summed E-state index contributed by atoms with van der Waals surface area (Å²) in [7, 11) is 0. The van der Waals surface area contributed by atoms with Gasteiger partial charge in [-0.15, -0.1) is 10.2 Å². The van der Waals surface area contributed by atoms with Crippen molar-refractivity contribution < 1.29 is 9.21 Å². The van der Waals surface area contributed by atoms with Gasteiger partial charge in [0.25, 0.3) is 0 Å². The van der Waals surface area contributed by atoms with E-state index in [4.69, 9.17) is 4.42 Å². The Hall–Kier alpha value is -2.47. The second-order valence-corrected chi connectivity index (χ2v) is 6.79. The first-order valence-corrected chi connectivity index (χ1v) is 8.69. The number of hydrogen-bond donors (Lipinski definition) is 1. The number of amides is 1. The standard InChI is InChI=1S/C18H19N3O2S/c1-12(2)13-5-7-14(8-6-13)17-20-21-18(24-17)19-16(22)10-9-15-4-3-11-23-15/h3-8,11-12H,9-10H2,1-2H3,(H,19,21,22). The first-order chi connectivity index (χ1) is 11.6. The number of aryl methyl sites for hydroxylation is 1. The van der Waals surface area contributed by atoms with E-state index >= 15 is 0 Å². The van der Waals surface area contributed by atoms with Crippen molar-refractivity contribution in [1.29, 1.82) is 0 Å². The van der Waals surface area contributed by atoms with Crippen LogP contribution in [-0.4, -0.2) is 16.1 Å². The van der Waals surface area contributed by atoms with Crippen LogP contribution in [0, 0.1) is 0 Å². The average Bonchev–Trinajstić information content (AvgIpc) is 3.25. The molecule has 0 atom stereocenters. The minimum Gasteiger partial charge on any atom is -0.469 e. The van der Waals surface area contributed by atoms with Crippen molar-refractivity contribution in [3.63, 3.8) is 0 Å². The number of furan rings is 1. The van der Waals surface area contributed by atoms with E-state index in [1.54, 1.807) is 6.26 Å². The number of hydrogen-bond acceptors (Lipinski definition) is 5. The Labute approximate surface area is 144 Å². The second kappa shape index (κ2) is 7.40. The maximum absolute atomic E-state index is 12.0. The average molecular weight is 341 g/mol. The minimum absolute atomic E-state index is 0.0933. The van der Waals surface area contributed by atoms with Gasteiger partial charge in [-0.1, -0.05) is 49.4 Å². The van der Waals surface area contributed by atoms with Gasteiger partial charge in [-0.05, 0) is 23.6 Å². The maximum atomic E-state index is 12.0. The fourth-order valence-electron chi connectivity index (χ4n) is 2.27. The van der Waals surface area contributed by atoms with Crippen LogP contribution in [0.1, 0.15) is 37.5 Å². The van der Waals surface area contributed by atoms with Crippen molar-refractivity contribution in [2.24, 2.45) is 0 Å². The van der Waals surface area contributed by atoms with Crippen molar-refractivity contribution in [2.45, 2.75) is 32.6 Å². The van der Waals surface area contributed by atoms with Gasteiger partial charge in [0.1, 0.15) is 10.8 Å². The number of carbonyl (C=O) groups excluding carboxylic acids is 1. The van der Waals surface area contributed by atoms with E-state index in [2.05, 4.69) is 41.5 Å². The molecule has 0 aliphatic carbocycles. The Morgan fingerprint density at radius 1 is 1.21 bits per heavy atom. The predicted octanol–water partition coefficient (Wildman–Crippen LogP) is 4.49. The van der Waals surface area contributed by atoms with Crippen molar-refractivity contribution in [3.8, 4) is 10.6 Å². The van der Waals surface area contributed by atoms with Crippen LogP contribution in [0.4, 0.5) is 5.13 Å². The molecule has 3 aromatic rings. The molecule has 24 heavy (non-hydrogen) atoms. The Morgan fingerprint density at radius 2 is 2.00 bits per heavy atom. The molecular weight excluding hydrogens is 322 g/mol. The summed E-state index contributed by atoms with van der Waals surface area (Å²) >= 11 is 1.37. The van der Waals surface area contributed by atoms with E-state index in [0.29, 0.717) is 23.9 Å². The van der Waals surface area contributed by atoms with Crippen LogP contribution in [0.15, 0.2) is 47.1 Å². The summed E-state index contributed by atoms with van der Waals surface area (Å²) in [6, 6.07) is 12.0. The lowest BCUT2D eigenvalue weighted by atomic mass is 10.0. The Morgan fingerprint density at radius 3 is 2.67 bits per heavy atom. The smallest absolute Gasteiger partial charge is 0.226 e. The molecule has 6 heteroatoms. The van der Waals surface area contributed by atoms with Crippen LogP contribution < -0.4 is 5.32 Å². The van der Waals surface area contributed by atoms with E-state index in [0.717, 1.165) is 16.3 Å². The largest absolute Gasteiger partial charge is 0.469 e. The molecule has 1 amide bonds. The molecule has 2 heterocycles. The van der Waals surface area contributed by atoms with E-state index in [1.165, 1.54) is 16.9 Å². The lowest BCUT2D eigenvalue weighted by Crippen LogP contribution is -2.11. The number of benzene rings is 1. The number of nitrogens with one attached hydrogen (secondary N) is 1. The highest BCUT2D eigenvalue weighted by Crippen LogP contribution is 2.27. The molecule has 0 fully saturated rings. The predicted molar refractivity (Wildman–Crippen MR) is 95.1 cm³/mol. The first-order valence-electron chi connectivity index (χ1n) is 7.88. The zero-order valence-corrected chi connectivity index (χ0v) is 14.5. The molecule has 0 saturated carbocycles. The molecular formula is C18H19N3O2S. The normalized spacial score (nSPS) is 11.0. The molecule has 3 rings (SSSR count). The van der Waals surface area contributed by atoms with Gasteiger partial charge in [0, 0.05) is 18.4 Å². The molecule has 0 bridgehead atoms. The molecule has 0 aliphatic rings. The van der Waals surface area contributed by atoms with E-state index in [-0.39, 0.29) is 5.91 Å². The topological polar surface area (TPSA) is 68.0 Å². The lowest BCUT2D eigenvalue weighted by molar-refractivity contribution is -0.116. The lowest BCUT2D eigenvalue weighted by Gasteiger charge is -2.04. The molecule has 0 radical (unpaired) electrons. The summed E-state index contributed by atoms with van der Waals surface area (Å²) < 4.78 is 5.22. The SMILES string of the molecule is CC(C)c1ccc(-c2nnc(NC(=O)CCc3ccco3)s2)cc1. The van der Waals surface area contributed by atoms with Crippen LogP contribution in [0.25, 0.3) is 10.6 Å². The number of carbonyl (C=O) groups is 1. The number of rotatable bonds is 6. The van der Waals surface area contributed by atoms with Crippen LogP contribution in [-0.2, 0) is 11.2 Å². The first kappa shape index (κ1) is 16.4. The van der Waals surface area contributed by atoms with Crippen molar-refractivity contribution in [3.05, 3.63) is 54.0 Å². The molecule has 5 nitrogen and oxygen atoms in total. The zero-order valence-electron chi connectivity index (χ0n) is 13.7. The molecule has 0 spiro atoms. The molecule has 124 valence electrons. The number of anilines is 1. The van der Waals surface area contributed by atoms with Gasteiger partial charge >= 0.3 is 0 Å². The summed E-state index contributed by atoms with van der Waals surface area (Å²) in [5.74, 6) is 1.20. The molecule has 1 N–H and O–H groups in total. The van der Waals surface area contributed by atoms with Crippen molar-refractivity contribution in [2.75, 3.05) is 5.32 Å². The highest BCUT2D eigenvalue weighted by atomic mass is 32.1. The summed E-state index contributed by atoms with van der Waals surface area (Å²) in [5, 5.41) is 12.3. The Balaban J connectivity index is 1.59. The Bertz CT molecular complexity index is 792. The van der Waals surface area contributed by atoms with E-state index in [1.807, 2.05) is 24.3 Å². The zero-order chi connectivity index (χ0) is 16.9. The van der Waals surface area contributed by atoms with Gasteiger partial charge in [0.2, 0.25) is 11.0 Å². The van der Waals surface area contributed by atoms with Crippen molar-refractivity contribution in [1.82, 2.24) is 10.2 Å². The highest BCUT2D eigenvalue weighted by molar-refractivity contribution is 7.18. The van der Waals surface area contributed by atoms with Gasteiger partial charge < -0.3 is 9.73 Å². The minimum atomic E-state index is -0.0933. The number of aromatic nitrogens is 2. The molecule has 1 aromatic carbocycles. The molecule has 0 aliphatic heterocycles. The Kier molecular flexibility index (Phi) is 5.05. The molecule has 0 saturated heterocycles. The maximum Gasteiger partial charge on any atom is 0.226 e. The van der Waals surface area contributed by atoms with Crippen LogP contribution in [0.3, 0.4) is 0 Å². The van der Waals surface area contributed by atoms with Gasteiger partial charge in [-0.2, -0.15) is 0 Å². The summed E-state index contributed by atoms with van der Waals surface area (Å²) in [5.41, 5.74) is 2.29.